The molecule has 0 aliphatic rings. The van der Waals surface area contributed by atoms with Gasteiger partial charge in [-0.1, -0.05) is 89.1 Å². The van der Waals surface area contributed by atoms with Gasteiger partial charge in [0.1, 0.15) is 13.6 Å². The Hall–Kier alpha value is -0.240. The van der Waals surface area contributed by atoms with E-state index in [2.05, 4.69) is 9.47 Å². The Balaban J connectivity index is -0.00000000757. The summed E-state index contributed by atoms with van der Waals surface area (Å²) >= 11 is 0. The quantitative estimate of drug-likeness (QED) is 0.272. The summed E-state index contributed by atoms with van der Waals surface area (Å²) in [5.41, 5.74) is 4.92. The van der Waals surface area contributed by atoms with E-state index in [1.807, 2.05) is 27.7 Å². The number of rotatable bonds is 9. The van der Waals surface area contributed by atoms with Crippen LogP contribution in [0.4, 0.5) is 0 Å². The van der Waals surface area contributed by atoms with Crippen LogP contribution in [0.5, 0.6) is 0 Å². The number of hydrogen-bond acceptors (Lipinski definition) is 6. The fourth-order valence-corrected chi connectivity index (χ4v) is 0.436. The largest absolute Gasteiger partial charge is 0.385 e. The maximum absolute atomic E-state index is 4.92. The lowest BCUT2D eigenvalue weighted by Gasteiger charge is -2.02. The second-order valence-corrected chi connectivity index (χ2v) is 2.66. The molecule has 210 valence electrons. The first-order chi connectivity index (χ1) is 8.74. The normalized spacial score (nSPS) is 5.40. The summed E-state index contributed by atoms with van der Waals surface area (Å²) in [5.74, 6) is 0. The standard InChI is InChI=1S/C6H14O3.C3H9NO.C3H8O.12CH4/c1-3-7-5-9-6-8-4-2;1-2-5-3-4;1-3-4-2;;;;;;;;;;;;/h3-6H2,1-2H3;2-4H2,1H3;3H2,1-2H3;12*1H4. The fraction of sp³-hybridized carbons (Fsp3) is 1.00. The summed E-state index contributed by atoms with van der Waals surface area (Å²) in [6.07, 6.45) is 0. The van der Waals surface area contributed by atoms with Crippen molar-refractivity contribution in [3.05, 3.63) is 0 Å². The van der Waals surface area contributed by atoms with E-state index in [4.69, 9.17) is 19.9 Å². The molecule has 6 heteroatoms. The van der Waals surface area contributed by atoms with Crippen LogP contribution in [0, 0.1) is 0 Å². The van der Waals surface area contributed by atoms with E-state index >= 15 is 0 Å². The Bertz CT molecular complexity index is 102. The summed E-state index contributed by atoms with van der Waals surface area (Å²) in [6.45, 7) is 11.6. The lowest BCUT2D eigenvalue weighted by atomic mass is 10.9. The molecule has 0 aromatic carbocycles. The molecule has 0 saturated heterocycles. The summed E-state index contributed by atoms with van der Waals surface area (Å²) in [5, 5.41) is 0. The summed E-state index contributed by atoms with van der Waals surface area (Å²) in [7, 11) is 1.68. The minimum atomic E-state index is 0. The average Bonchev–Trinajstić information content (AvgIpc) is 2.41. The van der Waals surface area contributed by atoms with Gasteiger partial charge >= 0.3 is 0 Å². The van der Waals surface area contributed by atoms with Crippen LogP contribution in [0.15, 0.2) is 0 Å². The van der Waals surface area contributed by atoms with Gasteiger partial charge in [-0.25, -0.2) is 0 Å². The topological polar surface area (TPSA) is 72.2 Å². The number of ether oxygens (including phenoxy) is 5. The molecule has 0 aliphatic heterocycles. The van der Waals surface area contributed by atoms with E-state index in [0.717, 1.165) is 13.2 Å². The van der Waals surface area contributed by atoms with Gasteiger partial charge in [-0.3, -0.25) is 0 Å². The summed E-state index contributed by atoms with van der Waals surface area (Å²) in [4.78, 5) is 0. The van der Waals surface area contributed by atoms with Crippen molar-refractivity contribution in [1.29, 1.82) is 0 Å². The highest BCUT2D eigenvalue weighted by Crippen LogP contribution is 1.78. The molecule has 0 amide bonds. The van der Waals surface area contributed by atoms with Crippen LogP contribution in [-0.2, 0) is 23.7 Å². The van der Waals surface area contributed by atoms with E-state index < -0.39 is 0 Å². The van der Waals surface area contributed by atoms with E-state index in [-0.39, 0.29) is 89.1 Å². The zero-order valence-electron chi connectivity index (χ0n) is 12.6. The van der Waals surface area contributed by atoms with E-state index in [1.165, 1.54) is 0 Å². The van der Waals surface area contributed by atoms with Crippen LogP contribution >= 0.6 is 0 Å². The fourth-order valence-electron chi connectivity index (χ4n) is 0.436. The van der Waals surface area contributed by atoms with Crippen molar-refractivity contribution in [2.45, 2.75) is 117 Å². The first kappa shape index (κ1) is 113. The Morgan fingerprint density at radius 1 is 0.433 bits per heavy atom. The van der Waals surface area contributed by atoms with Crippen molar-refractivity contribution in [1.82, 2.24) is 0 Å². The van der Waals surface area contributed by atoms with Gasteiger partial charge in [0.05, 0.1) is 6.73 Å². The highest BCUT2D eigenvalue weighted by Gasteiger charge is 1.82. The molecule has 6 nitrogen and oxygen atoms in total. The molecule has 0 aliphatic carbocycles. The van der Waals surface area contributed by atoms with Crippen molar-refractivity contribution < 1.29 is 23.7 Å². The predicted octanol–water partition coefficient (Wildman–Crippen LogP) is 9.22. The molecule has 0 saturated carbocycles. The molecule has 0 bridgehead atoms. The van der Waals surface area contributed by atoms with Gasteiger partial charge in [0.2, 0.25) is 0 Å². The second-order valence-electron chi connectivity index (χ2n) is 2.66. The smallest absolute Gasteiger partial charge is 0.149 e. The van der Waals surface area contributed by atoms with E-state index in [1.54, 1.807) is 7.11 Å². The van der Waals surface area contributed by atoms with Gasteiger partial charge in [-0.2, -0.15) is 0 Å². The van der Waals surface area contributed by atoms with Crippen molar-refractivity contribution in [2.24, 2.45) is 5.73 Å². The molecule has 0 fully saturated rings. The number of hydrogen-bond donors (Lipinski definition) is 1. The van der Waals surface area contributed by atoms with Crippen LogP contribution < -0.4 is 5.73 Å². The second kappa shape index (κ2) is 160. The maximum Gasteiger partial charge on any atom is 0.149 e. The van der Waals surface area contributed by atoms with Gasteiger partial charge in [-0.15, -0.1) is 0 Å². The minimum absolute atomic E-state index is 0. The number of methoxy groups -OCH3 is 1. The van der Waals surface area contributed by atoms with Gasteiger partial charge in [0.25, 0.3) is 0 Å². The van der Waals surface area contributed by atoms with Crippen LogP contribution in [0.3, 0.4) is 0 Å². The van der Waals surface area contributed by atoms with Crippen molar-refractivity contribution in [3.63, 3.8) is 0 Å². The molecule has 0 atom stereocenters. The molecule has 0 spiro atoms. The summed E-state index contributed by atoms with van der Waals surface area (Å²) < 4.78 is 23.8. The van der Waals surface area contributed by atoms with Gasteiger partial charge in [0.15, 0.2) is 0 Å². The van der Waals surface area contributed by atoms with Crippen LogP contribution in [0.2, 0.25) is 0 Å². The molecular weight excluding hydrogens is 382 g/mol. The van der Waals surface area contributed by atoms with E-state index in [9.17, 15) is 0 Å². The maximum atomic E-state index is 4.92. The molecule has 0 heterocycles. The van der Waals surface area contributed by atoms with E-state index in [0.29, 0.717) is 33.5 Å². The molecule has 0 unspecified atom stereocenters. The zero-order valence-corrected chi connectivity index (χ0v) is 12.6. The monoisotopic (exact) mass is 462 g/mol. The Morgan fingerprint density at radius 2 is 0.667 bits per heavy atom. The minimum Gasteiger partial charge on any atom is -0.385 e. The Kier molecular flexibility index (Phi) is 604. The zero-order chi connectivity index (χ0) is 14.5. The molecule has 0 radical (unpaired) electrons. The van der Waals surface area contributed by atoms with Crippen molar-refractivity contribution in [2.75, 3.05) is 53.9 Å². The number of nitrogens with two attached hydrogens (primary N) is 1. The first-order valence-corrected chi connectivity index (χ1v) is 6.24. The molecule has 0 aromatic rings. The lowest BCUT2D eigenvalue weighted by molar-refractivity contribution is -0.126. The van der Waals surface area contributed by atoms with Crippen molar-refractivity contribution in [3.8, 4) is 0 Å². The highest BCUT2D eigenvalue weighted by molar-refractivity contribution is 4.08. The van der Waals surface area contributed by atoms with Crippen LogP contribution in [0.25, 0.3) is 0 Å². The van der Waals surface area contributed by atoms with Gasteiger partial charge < -0.3 is 29.4 Å². The Morgan fingerprint density at radius 3 is 0.767 bits per heavy atom. The SMILES string of the molecule is C.C.C.C.C.C.C.C.C.C.C.C.CCOC.CCOCN.CCOCOCOCC. The van der Waals surface area contributed by atoms with Crippen LogP contribution in [-0.4, -0.2) is 53.9 Å². The summed E-state index contributed by atoms with van der Waals surface area (Å²) in [6, 6.07) is 0. The molecule has 30 heavy (non-hydrogen) atoms. The van der Waals surface area contributed by atoms with Gasteiger partial charge in [0, 0.05) is 33.5 Å². The van der Waals surface area contributed by atoms with Crippen molar-refractivity contribution >= 4 is 0 Å². The van der Waals surface area contributed by atoms with Gasteiger partial charge in [-0.05, 0) is 27.7 Å². The molecular formula is C24H79NO5. The predicted molar refractivity (Wildman–Crippen MR) is 153 cm³/mol. The third-order valence-corrected chi connectivity index (χ3v) is 1.35. The highest BCUT2D eigenvalue weighted by atomic mass is 16.7. The third kappa shape index (κ3) is 259. The average molecular weight is 462 g/mol. The molecule has 0 aromatic heterocycles. The Labute approximate surface area is 200 Å². The molecule has 2 N–H and O–H groups in total. The van der Waals surface area contributed by atoms with Crippen LogP contribution in [0.1, 0.15) is 117 Å². The third-order valence-electron chi connectivity index (χ3n) is 1.35. The lowest BCUT2D eigenvalue weighted by Crippen LogP contribution is -2.03. The molecule has 0 rings (SSSR count). The first-order valence-electron chi connectivity index (χ1n) is 6.24.